The molecule has 2 amide bonds. The maximum Gasteiger partial charge on any atom is 0.246 e. The SMILES string of the molecule is C=CC(=O)N1CCN(C(=O)Cc2n[nH]c3cc(Cl)c(Cl)cc23)CC1. The number of aromatic amines is 1. The maximum absolute atomic E-state index is 12.5. The van der Waals surface area contributed by atoms with E-state index in [2.05, 4.69) is 16.8 Å². The number of carbonyl (C=O) groups is 2. The molecule has 0 radical (unpaired) electrons. The van der Waals surface area contributed by atoms with Gasteiger partial charge in [0, 0.05) is 31.6 Å². The largest absolute Gasteiger partial charge is 0.339 e. The van der Waals surface area contributed by atoms with Crippen LogP contribution < -0.4 is 0 Å². The molecular weight excluding hydrogens is 351 g/mol. The van der Waals surface area contributed by atoms with Gasteiger partial charge in [-0.3, -0.25) is 14.7 Å². The summed E-state index contributed by atoms with van der Waals surface area (Å²) in [6.45, 7) is 5.52. The van der Waals surface area contributed by atoms with Crippen molar-refractivity contribution in [2.45, 2.75) is 6.42 Å². The van der Waals surface area contributed by atoms with Crippen LogP contribution in [-0.2, 0) is 16.0 Å². The van der Waals surface area contributed by atoms with E-state index in [1.807, 2.05) is 0 Å². The van der Waals surface area contributed by atoms with E-state index in [1.165, 1.54) is 6.08 Å². The van der Waals surface area contributed by atoms with Crippen LogP contribution in [0.2, 0.25) is 10.0 Å². The minimum atomic E-state index is -0.105. The van der Waals surface area contributed by atoms with Crippen LogP contribution in [0, 0.1) is 0 Å². The Labute approximate surface area is 149 Å². The summed E-state index contributed by atoms with van der Waals surface area (Å²) in [4.78, 5) is 27.5. The second kappa shape index (κ2) is 6.83. The van der Waals surface area contributed by atoms with Crippen molar-refractivity contribution >= 4 is 45.9 Å². The molecule has 0 spiro atoms. The molecule has 6 nitrogen and oxygen atoms in total. The molecule has 0 saturated carbocycles. The molecule has 2 aromatic rings. The highest BCUT2D eigenvalue weighted by Gasteiger charge is 2.24. The lowest BCUT2D eigenvalue weighted by Crippen LogP contribution is -2.50. The molecule has 126 valence electrons. The van der Waals surface area contributed by atoms with Gasteiger partial charge in [0.15, 0.2) is 0 Å². The Bertz CT molecular complexity index is 810. The lowest BCUT2D eigenvalue weighted by Gasteiger charge is -2.34. The number of carbonyl (C=O) groups excluding carboxylic acids is 2. The van der Waals surface area contributed by atoms with E-state index in [-0.39, 0.29) is 18.2 Å². The molecule has 24 heavy (non-hydrogen) atoms. The molecule has 0 unspecified atom stereocenters. The summed E-state index contributed by atoms with van der Waals surface area (Å²) in [5.41, 5.74) is 1.38. The Balaban J connectivity index is 1.69. The first-order chi connectivity index (χ1) is 11.5. The van der Waals surface area contributed by atoms with Gasteiger partial charge < -0.3 is 9.80 Å². The first-order valence-corrected chi connectivity index (χ1v) is 8.26. The fraction of sp³-hybridized carbons (Fsp3) is 0.312. The van der Waals surface area contributed by atoms with Crippen LogP contribution in [0.15, 0.2) is 24.8 Å². The number of fused-ring (bicyclic) bond motifs is 1. The first-order valence-electron chi connectivity index (χ1n) is 7.50. The van der Waals surface area contributed by atoms with Crippen molar-refractivity contribution in [3.63, 3.8) is 0 Å². The Morgan fingerprint density at radius 1 is 1.17 bits per heavy atom. The van der Waals surface area contributed by atoms with Crippen LogP contribution in [0.25, 0.3) is 10.9 Å². The van der Waals surface area contributed by atoms with Crippen molar-refractivity contribution in [2.24, 2.45) is 0 Å². The summed E-state index contributed by atoms with van der Waals surface area (Å²) in [6, 6.07) is 3.41. The zero-order valence-electron chi connectivity index (χ0n) is 12.9. The number of hydrogen-bond acceptors (Lipinski definition) is 3. The van der Waals surface area contributed by atoms with Crippen LogP contribution in [0.3, 0.4) is 0 Å². The standard InChI is InChI=1S/C16H16Cl2N4O2/c1-2-15(23)21-3-5-22(6-4-21)16(24)9-14-10-7-11(17)12(18)8-13(10)19-20-14/h2,7-8H,1,3-6,9H2,(H,19,20). The molecule has 1 aliphatic rings. The Hall–Kier alpha value is -2.05. The average molecular weight is 367 g/mol. The van der Waals surface area contributed by atoms with Crippen molar-refractivity contribution < 1.29 is 9.59 Å². The number of H-pyrrole nitrogens is 1. The van der Waals surface area contributed by atoms with Gasteiger partial charge >= 0.3 is 0 Å². The van der Waals surface area contributed by atoms with Gasteiger partial charge in [-0.25, -0.2) is 0 Å². The number of nitrogens with one attached hydrogen (secondary N) is 1. The van der Waals surface area contributed by atoms with Crippen LogP contribution in [0.1, 0.15) is 5.69 Å². The predicted octanol–water partition coefficient (Wildman–Crippen LogP) is 2.27. The van der Waals surface area contributed by atoms with Gasteiger partial charge in [-0.2, -0.15) is 5.10 Å². The molecule has 1 aliphatic heterocycles. The van der Waals surface area contributed by atoms with Crippen molar-refractivity contribution in [1.82, 2.24) is 20.0 Å². The van der Waals surface area contributed by atoms with E-state index in [4.69, 9.17) is 23.2 Å². The minimum Gasteiger partial charge on any atom is -0.339 e. The van der Waals surface area contributed by atoms with Crippen LogP contribution in [-0.4, -0.2) is 58.0 Å². The van der Waals surface area contributed by atoms with Gasteiger partial charge in [0.1, 0.15) is 0 Å². The smallest absolute Gasteiger partial charge is 0.246 e. The second-order valence-corrected chi connectivity index (χ2v) is 6.38. The molecule has 0 aliphatic carbocycles. The average Bonchev–Trinajstić information content (AvgIpc) is 2.96. The molecule has 0 atom stereocenters. The Kier molecular flexibility index (Phi) is 4.78. The lowest BCUT2D eigenvalue weighted by molar-refractivity contribution is -0.136. The first kappa shape index (κ1) is 16.8. The third-order valence-electron chi connectivity index (χ3n) is 4.12. The van der Waals surface area contributed by atoms with Crippen molar-refractivity contribution in [3.8, 4) is 0 Å². The summed E-state index contributed by atoms with van der Waals surface area (Å²) in [5.74, 6) is -0.132. The number of aromatic nitrogens is 2. The highest BCUT2D eigenvalue weighted by atomic mass is 35.5. The summed E-state index contributed by atoms with van der Waals surface area (Å²) in [7, 11) is 0. The number of halogens is 2. The van der Waals surface area contributed by atoms with E-state index < -0.39 is 0 Å². The topological polar surface area (TPSA) is 69.3 Å². The Morgan fingerprint density at radius 3 is 2.46 bits per heavy atom. The van der Waals surface area contributed by atoms with Gasteiger partial charge in [-0.1, -0.05) is 29.8 Å². The minimum absolute atomic E-state index is 0.0276. The van der Waals surface area contributed by atoms with E-state index >= 15 is 0 Å². The fourth-order valence-corrected chi connectivity index (χ4v) is 3.09. The number of benzene rings is 1. The normalized spacial score (nSPS) is 14.9. The molecule has 0 bridgehead atoms. The maximum atomic E-state index is 12.5. The zero-order chi connectivity index (χ0) is 17.3. The molecule has 1 saturated heterocycles. The molecule has 1 fully saturated rings. The fourth-order valence-electron chi connectivity index (χ4n) is 2.76. The number of amides is 2. The molecule has 1 aromatic carbocycles. The monoisotopic (exact) mass is 366 g/mol. The van der Waals surface area contributed by atoms with Crippen LogP contribution >= 0.6 is 23.2 Å². The molecular formula is C16H16Cl2N4O2. The quantitative estimate of drug-likeness (QED) is 0.847. The lowest BCUT2D eigenvalue weighted by atomic mass is 10.1. The van der Waals surface area contributed by atoms with Crippen LogP contribution in [0.5, 0.6) is 0 Å². The number of hydrogen-bond donors (Lipinski definition) is 1. The molecule has 2 heterocycles. The molecule has 1 N–H and O–H groups in total. The van der Waals surface area contributed by atoms with Gasteiger partial charge in [0.2, 0.25) is 11.8 Å². The summed E-state index contributed by atoms with van der Waals surface area (Å²) < 4.78 is 0. The predicted molar refractivity (Wildman–Crippen MR) is 93.2 cm³/mol. The summed E-state index contributed by atoms with van der Waals surface area (Å²) in [6.07, 6.45) is 1.47. The van der Waals surface area contributed by atoms with Gasteiger partial charge in [-0.05, 0) is 18.2 Å². The van der Waals surface area contributed by atoms with Crippen molar-refractivity contribution in [1.29, 1.82) is 0 Å². The Morgan fingerprint density at radius 2 is 1.79 bits per heavy atom. The highest BCUT2D eigenvalue weighted by molar-refractivity contribution is 6.42. The number of rotatable bonds is 3. The van der Waals surface area contributed by atoms with E-state index in [1.54, 1.807) is 21.9 Å². The molecule has 3 rings (SSSR count). The van der Waals surface area contributed by atoms with Crippen molar-refractivity contribution in [2.75, 3.05) is 26.2 Å². The third-order valence-corrected chi connectivity index (χ3v) is 4.84. The van der Waals surface area contributed by atoms with Gasteiger partial charge in [0.25, 0.3) is 0 Å². The van der Waals surface area contributed by atoms with Gasteiger partial charge in [0.05, 0.1) is 27.7 Å². The molecule has 1 aromatic heterocycles. The van der Waals surface area contributed by atoms with E-state index in [0.29, 0.717) is 41.9 Å². The molecule has 8 heteroatoms. The number of nitrogens with zero attached hydrogens (tertiary/aromatic N) is 3. The summed E-state index contributed by atoms with van der Waals surface area (Å²) in [5, 5.41) is 8.72. The second-order valence-electron chi connectivity index (χ2n) is 5.57. The van der Waals surface area contributed by atoms with E-state index in [0.717, 1.165) is 10.9 Å². The number of piperazine rings is 1. The van der Waals surface area contributed by atoms with Crippen molar-refractivity contribution in [3.05, 3.63) is 40.5 Å². The zero-order valence-corrected chi connectivity index (χ0v) is 14.4. The third kappa shape index (κ3) is 3.25. The van der Waals surface area contributed by atoms with E-state index in [9.17, 15) is 9.59 Å². The van der Waals surface area contributed by atoms with Crippen LogP contribution in [0.4, 0.5) is 0 Å². The van der Waals surface area contributed by atoms with Gasteiger partial charge in [-0.15, -0.1) is 0 Å². The highest BCUT2D eigenvalue weighted by Crippen LogP contribution is 2.28. The summed E-state index contributed by atoms with van der Waals surface area (Å²) >= 11 is 12.0.